The molecule has 0 atom stereocenters. The molecular formula is C22H21FN2O. The zero-order chi connectivity index (χ0) is 18.3. The second-order valence-electron chi connectivity index (χ2n) is 6.76. The van der Waals surface area contributed by atoms with Crippen LogP contribution in [0, 0.1) is 5.82 Å². The molecule has 0 saturated heterocycles. The van der Waals surface area contributed by atoms with Crippen molar-refractivity contribution < 1.29 is 9.18 Å². The fourth-order valence-electron chi connectivity index (χ4n) is 3.80. The number of rotatable bonds is 4. The molecule has 1 amide bonds. The first-order valence-corrected chi connectivity index (χ1v) is 8.93. The number of aryl methyl sites for hydroxylation is 1. The molecule has 0 bridgehead atoms. The Hall–Kier alpha value is -2.88. The van der Waals surface area contributed by atoms with Crippen LogP contribution in [0.2, 0.25) is 0 Å². The number of aromatic nitrogens is 1. The van der Waals surface area contributed by atoms with Crippen molar-refractivity contribution in [3.05, 3.63) is 71.7 Å². The van der Waals surface area contributed by atoms with Crippen LogP contribution in [0.5, 0.6) is 0 Å². The zero-order valence-electron chi connectivity index (χ0n) is 15.0. The van der Waals surface area contributed by atoms with Crippen LogP contribution in [-0.2, 0) is 11.8 Å². The molecule has 0 aliphatic carbocycles. The van der Waals surface area contributed by atoms with E-state index in [1.54, 1.807) is 12.1 Å². The Labute approximate surface area is 152 Å². The summed E-state index contributed by atoms with van der Waals surface area (Å²) >= 11 is 0. The van der Waals surface area contributed by atoms with Gasteiger partial charge in [0.25, 0.3) is 5.91 Å². The summed E-state index contributed by atoms with van der Waals surface area (Å²) in [6.45, 7) is 3.38. The van der Waals surface area contributed by atoms with Crippen molar-refractivity contribution in [1.29, 1.82) is 0 Å². The van der Waals surface area contributed by atoms with Crippen molar-refractivity contribution in [3.63, 3.8) is 0 Å². The summed E-state index contributed by atoms with van der Waals surface area (Å²) in [7, 11) is 2.02. The van der Waals surface area contributed by atoms with Gasteiger partial charge in [-0.1, -0.05) is 37.3 Å². The predicted octanol–water partition coefficient (Wildman–Crippen LogP) is 4.48. The van der Waals surface area contributed by atoms with Gasteiger partial charge in [0.2, 0.25) is 0 Å². The Morgan fingerprint density at radius 1 is 1.08 bits per heavy atom. The van der Waals surface area contributed by atoms with Crippen LogP contribution < -0.4 is 0 Å². The molecule has 1 aromatic heterocycles. The second-order valence-corrected chi connectivity index (χ2v) is 6.76. The van der Waals surface area contributed by atoms with E-state index in [0.717, 1.165) is 40.6 Å². The van der Waals surface area contributed by atoms with E-state index in [1.165, 1.54) is 12.1 Å². The van der Waals surface area contributed by atoms with Crippen LogP contribution in [0.4, 0.5) is 4.39 Å². The molecule has 0 spiro atoms. The highest BCUT2D eigenvalue weighted by molar-refractivity contribution is 6.31. The van der Waals surface area contributed by atoms with Crippen LogP contribution in [0.3, 0.4) is 0 Å². The Kier molecular flexibility index (Phi) is 4.11. The quantitative estimate of drug-likeness (QED) is 0.682. The molecule has 4 rings (SSSR count). The smallest absolute Gasteiger partial charge is 0.255 e. The fourth-order valence-corrected chi connectivity index (χ4v) is 3.80. The molecule has 0 fully saturated rings. The first kappa shape index (κ1) is 16.6. The maximum Gasteiger partial charge on any atom is 0.255 e. The molecule has 2 aromatic carbocycles. The minimum atomic E-state index is -0.295. The van der Waals surface area contributed by atoms with Crippen LogP contribution >= 0.6 is 0 Å². The number of benzene rings is 2. The van der Waals surface area contributed by atoms with E-state index < -0.39 is 0 Å². The van der Waals surface area contributed by atoms with Crippen molar-refractivity contribution in [2.75, 3.05) is 13.1 Å². The topological polar surface area (TPSA) is 25.2 Å². The highest BCUT2D eigenvalue weighted by Gasteiger charge is 2.32. The minimum Gasteiger partial charge on any atom is -0.350 e. The Bertz CT molecular complexity index is 1010. The summed E-state index contributed by atoms with van der Waals surface area (Å²) in [4.78, 5) is 15.0. The molecule has 132 valence electrons. The SMILES string of the molecule is CCCN1CC(c2cn(C)c3ccccc23)=C(c2ccc(F)cc2)C1=O. The summed E-state index contributed by atoms with van der Waals surface area (Å²) in [6.07, 6.45) is 3.00. The van der Waals surface area contributed by atoms with Gasteiger partial charge in [0, 0.05) is 42.8 Å². The van der Waals surface area contributed by atoms with Gasteiger partial charge in [-0.25, -0.2) is 4.39 Å². The summed E-state index contributed by atoms with van der Waals surface area (Å²) in [6, 6.07) is 14.4. The molecule has 3 aromatic rings. The second kappa shape index (κ2) is 6.45. The number of hydrogen-bond donors (Lipinski definition) is 0. The van der Waals surface area contributed by atoms with Gasteiger partial charge in [-0.15, -0.1) is 0 Å². The number of hydrogen-bond acceptors (Lipinski definition) is 1. The van der Waals surface area contributed by atoms with Crippen LogP contribution in [-0.4, -0.2) is 28.5 Å². The summed E-state index contributed by atoms with van der Waals surface area (Å²) < 4.78 is 15.5. The van der Waals surface area contributed by atoms with E-state index >= 15 is 0 Å². The van der Waals surface area contributed by atoms with Crippen molar-refractivity contribution in [2.24, 2.45) is 7.05 Å². The average Bonchev–Trinajstić information content (AvgIpc) is 3.14. The van der Waals surface area contributed by atoms with Gasteiger partial charge in [-0.2, -0.15) is 0 Å². The molecule has 1 aliphatic rings. The summed E-state index contributed by atoms with van der Waals surface area (Å²) in [5.41, 5.74) is 4.70. The maximum absolute atomic E-state index is 13.4. The number of nitrogens with zero attached hydrogens (tertiary/aromatic N) is 2. The average molecular weight is 348 g/mol. The summed E-state index contributed by atoms with van der Waals surface area (Å²) in [5, 5.41) is 1.13. The maximum atomic E-state index is 13.4. The van der Waals surface area contributed by atoms with Crippen molar-refractivity contribution in [2.45, 2.75) is 13.3 Å². The van der Waals surface area contributed by atoms with E-state index in [-0.39, 0.29) is 11.7 Å². The third-order valence-corrected chi connectivity index (χ3v) is 5.00. The van der Waals surface area contributed by atoms with Crippen molar-refractivity contribution in [3.8, 4) is 0 Å². The normalized spacial score (nSPS) is 14.7. The Balaban J connectivity index is 1.93. The van der Waals surface area contributed by atoms with Gasteiger partial charge in [0.1, 0.15) is 5.82 Å². The van der Waals surface area contributed by atoms with Gasteiger partial charge >= 0.3 is 0 Å². The van der Waals surface area contributed by atoms with Crippen LogP contribution in [0.1, 0.15) is 24.5 Å². The minimum absolute atomic E-state index is 0.0291. The Morgan fingerprint density at radius 2 is 1.81 bits per heavy atom. The number of para-hydroxylation sites is 1. The monoisotopic (exact) mass is 348 g/mol. The molecule has 2 heterocycles. The lowest BCUT2D eigenvalue weighted by Gasteiger charge is -2.15. The van der Waals surface area contributed by atoms with Crippen molar-refractivity contribution >= 4 is 28.0 Å². The predicted molar refractivity (Wildman–Crippen MR) is 103 cm³/mol. The van der Waals surface area contributed by atoms with E-state index in [0.29, 0.717) is 12.1 Å². The third kappa shape index (κ3) is 2.62. The third-order valence-electron chi connectivity index (χ3n) is 5.00. The lowest BCUT2D eigenvalue weighted by molar-refractivity contribution is -0.123. The van der Waals surface area contributed by atoms with Crippen LogP contribution in [0.15, 0.2) is 54.7 Å². The lowest BCUT2D eigenvalue weighted by Crippen LogP contribution is -2.27. The van der Waals surface area contributed by atoms with E-state index in [2.05, 4.69) is 29.8 Å². The molecule has 0 saturated carbocycles. The number of fused-ring (bicyclic) bond motifs is 1. The number of halogens is 1. The van der Waals surface area contributed by atoms with E-state index in [1.807, 2.05) is 24.1 Å². The number of carbonyl (C=O) groups excluding carboxylic acids is 1. The highest BCUT2D eigenvalue weighted by atomic mass is 19.1. The summed E-state index contributed by atoms with van der Waals surface area (Å²) in [5.74, 6) is -0.265. The molecule has 3 nitrogen and oxygen atoms in total. The zero-order valence-corrected chi connectivity index (χ0v) is 15.0. The van der Waals surface area contributed by atoms with Gasteiger partial charge in [-0.3, -0.25) is 4.79 Å². The van der Waals surface area contributed by atoms with Gasteiger partial charge < -0.3 is 9.47 Å². The molecule has 1 aliphatic heterocycles. The molecular weight excluding hydrogens is 327 g/mol. The molecule has 4 heteroatoms. The van der Waals surface area contributed by atoms with Gasteiger partial charge in [0.05, 0.1) is 5.57 Å². The molecule has 0 radical (unpaired) electrons. The van der Waals surface area contributed by atoms with Crippen LogP contribution in [0.25, 0.3) is 22.0 Å². The van der Waals surface area contributed by atoms with Gasteiger partial charge in [0.15, 0.2) is 0 Å². The van der Waals surface area contributed by atoms with Crippen molar-refractivity contribution in [1.82, 2.24) is 9.47 Å². The first-order chi connectivity index (χ1) is 12.6. The fraction of sp³-hybridized carbons (Fsp3) is 0.227. The number of carbonyl (C=O) groups is 1. The highest BCUT2D eigenvalue weighted by Crippen LogP contribution is 2.38. The lowest BCUT2D eigenvalue weighted by atomic mass is 9.96. The molecule has 26 heavy (non-hydrogen) atoms. The largest absolute Gasteiger partial charge is 0.350 e. The van der Waals surface area contributed by atoms with E-state index in [9.17, 15) is 9.18 Å². The standard InChI is InChI=1S/C22H21FN2O/c1-3-12-25-14-19(18-13-24(2)20-7-5-4-6-17(18)20)21(22(25)26)15-8-10-16(23)11-9-15/h4-11,13H,3,12,14H2,1-2H3. The first-order valence-electron chi connectivity index (χ1n) is 8.93. The van der Waals surface area contributed by atoms with Gasteiger partial charge in [-0.05, 0) is 35.8 Å². The Morgan fingerprint density at radius 3 is 2.54 bits per heavy atom. The molecule has 0 N–H and O–H groups in total. The molecule has 0 unspecified atom stereocenters. The number of amides is 1. The van der Waals surface area contributed by atoms with E-state index in [4.69, 9.17) is 0 Å².